The Kier molecular flexibility index (Phi) is 9.90. The molecule has 29 heavy (non-hydrogen) atoms. The Hall–Kier alpha value is -2.33. The molecule has 0 unspecified atom stereocenters. The summed E-state index contributed by atoms with van der Waals surface area (Å²) in [5, 5.41) is 10.2. The van der Waals surface area contributed by atoms with Crippen molar-refractivity contribution in [2.75, 3.05) is 7.11 Å². The topological polar surface area (TPSA) is 59.7 Å². The van der Waals surface area contributed by atoms with Crippen LogP contribution in [0, 0.1) is 19.8 Å². The van der Waals surface area contributed by atoms with E-state index in [1.807, 2.05) is 33.8 Å². The average Bonchev–Trinajstić information content (AvgIpc) is 2.70. The fourth-order valence-electron chi connectivity index (χ4n) is 3.08. The van der Waals surface area contributed by atoms with E-state index in [0.29, 0.717) is 23.3 Å². The third-order valence-corrected chi connectivity index (χ3v) is 5.21. The number of aliphatic hydroxyl groups is 1. The molecule has 0 aliphatic heterocycles. The molecule has 0 radical (unpaired) electrons. The fourth-order valence-corrected chi connectivity index (χ4v) is 3.08. The molecule has 0 spiro atoms. The molecule has 0 bridgehead atoms. The Morgan fingerprint density at radius 3 is 2.45 bits per heavy atom. The van der Waals surface area contributed by atoms with Gasteiger partial charge in [0.05, 0.1) is 18.8 Å². The number of methoxy groups -OCH3 is 1. The number of hydrogen-bond donors (Lipinski definition) is 1. The zero-order valence-electron chi connectivity index (χ0n) is 19.1. The maximum absolute atomic E-state index is 12.3. The molecule has 1 rings (SSSR count). The van der Waals surface area contributed by atoms with Crippen LogP contribution in [0.3, 0.4) is 0 Å². The highest BCUT2D eigenvalue weighted by Crippen LogP contribution is 2.20. The molecule has 2 atom stereocenters. The van der Waals surface area contributed by atoms with Crippen molar-refractivity contribution in [1.82, 2.24) is 0 Å². The van der Waals surface area contributed by atoms with E-state index in [2.05, 4.69) is 31.2 Å². The molecule has 1 heterocycles. The lowest BCUT2D eigenvalue weighted by molar-refractivity contribution is 0.173. The summed E-state index contributed by atoms with van der Waals surface area (Å²) in [6, 6.07) is 0. The molecule has 1 N–H and O–H groups in total. The van der Waals surface area contributed by atoms with Crippen LogP contribution in [0.15, 0.2) is 56.3 Å². The van der Waals surface area contributed by atoms with E-state index in [-0.39, 0.29) is 17.3 Å². The molecule has 4 nitrogen and oxygen atoms in total. The van der Waals surface area contributed by atoms with Gasteiger partial charge in [0.15, 0.2) is 5.43 Å². The SMILES string of the molecule is C/C=C(\C)[C@H](O)[C@@H](C)/C=C(C)/C=C/C/C(C)=C/Cc1oc(OC)c(C)c(=O)c1C. The van der Waals surface area contributed by atoms with Gasteiger partial charge in [-0.25, -0.2) is 0 Å². The molecule has 0 aliphatic carbocycles. The predicted molar refractivity (Wildman–Crippen MR) is 121 cm³/mol. The maximum atomic E-state index is 12.3. The molecule has 0 fully saturated rings. The molecule has 0 amide bonds. The van der Waals surface area contributed by atoms with Gasteiger partial charge in [-0.15, -0.1) is 0 Å². The second-order valence-corrected chi connectivity index (χ2v) is 7.70. The van der Waals surface area contributed by atoms with Gasteiger partial charge < -0.3 is 14.3 Å². The lowest BCUT2D eigenvalue weighted by atomic mass is 9.96. The highest BCUT2D eigenvalue weighted by Gasteiger charge is 2.14. The zero-order valence-corrected chi connectivity index (χ0v) is 19.1. The Bertz CT molecular complexity index is 866. The molecule has 0 aliphatic rings. The van der Waals surface area contributed by atoms with Crippen LogP contribution in [-0.2, 0) is 6.42 Å². The Balaban J connectivity index is 2.77. The molecule has 0 saturated carbocycles. The van der Waals surface area contributed by atoms with E-state index >= 15 is 0 Å². The summed E-state index contributed by atoms with van der Waals surface area (Å²) in [4.78, 5) is 12.3. The van der Waals surface area contributed by atoms with Gasteiger partial charge in [-0.05, 0) is 53.5 Å². The highest BCUT2D eigenvalue weighted by molar-refractivity contribution is 5.30. The van der Waals surface area contributed by atoms with Crippen LogP contribution in [0.1, 0.15) is 57.9 Å². The third kappa shape index (κ3) is 7.21. The van der Waals surface area contributed by atoms with Crippen molar-refractivity contribution in [3.8, 4) is 5.95 Å². The minimum Gasteiger partial charge on any atom is -0.468 e. The van der Waals surface area contributed by atoms with Crippen LogP contribution >= 0.6 is 0 Å². The van der Waals surface area contributed by atoms with Crippen molar-refractivity contribution < 1.29 is 14.3 Å². The first-order valence-electron chi connectivity index (χ1n) is 10.1. The summed E-state index contributed by atoms with van der Waals surface area (Å²) >= 11 is 0. The van der Waals surface area contributed by atoms with Gasteiger partial charge in [0.25, 0.3) is 5.95 Å². The molecular formula is C25H36O4. The summed E-state index contributed by atoms with van der Waals surface area (Å²) in [5.74, 6) is 0.987. The Morgan fingerprint density at radius 1 is 1.21 bits per heavy atom. The lowest BCUT2D eigenvalue weighted by Gasteiger charge is -2.16. The van der Waals surface area contributed by atoms with Crippen LogP contribution in [0.5, 0.6) is 5.95 Å². The average molecular weight is 401 g/mol. The van der Waals surface area contributed by atoms with Crippen molar-refractivity contribution in [2.24, 2.45) is 5.92 Å². The van der Waals surface area contributed by atoms with E-state index in [1.54, 1.807) is 13.8 Å². The first-order chi connectivity index (χ1) is 13.6. The summed E-state index contributed by atoms with van der Waals surface area (Å²) in [5.41, 5.74) is 4.40. The quantitative estimate of drug-likeness (QED) is 0.432. The summed E-state index contributed by atoms with van der Waals surface area (Å²) in [6.07, 6.45) is 11.2. The predicted octanol–water partition coefficient (Wildman–Crippen LogP) is 5.61. The van der Waals surface area contributed by atoms with Crippen LogP contribution in [0.2, 0.25) is 0 Å². The second kappa shape index (κ2) is 11.6. The van der Waals surface area contributed by atoms with Gasteiger partial charge >= 0.3 is 0 Å². The molecule has 4 heteroatoms. The molecule has 1 aromatic rings. The fraction of sp³-hybridized carbons (Fsp3) is 0.480. The van der Waals surface area contributed by atoms with Crippen LogP contribution in [-0.4, -0.2) is 18.3 Å². The van der Waals surface area contributed by atoms with E-state index < -0.39 is 6.10 Å². The highest BCUT2D eigenvalue weighted by atomic mass is 16.6. The van der Waals surface area contributed by atoms with Gasteiger partial charge in [0.2, 0.25) is 0 Å². The zero-order chi connectivity index (χ0) is 22.1. The minimum absolute atomic E-state index is 0.0285. The first-order valence-corrected chi connectivity index (χ1v) is 10.1. The van der Waals surface area contributed by atoms with E-state index in [4.69, 9.17) is 9.15 Å². The Labute approximate surface area is 175 Å². The van der Waals surface area contributed by atoms with Crippen molar-refractivity contribution >= 4 is 0 Å². The monoisotopic (exact) mass is 400 g/mol. The van der Waals surface area contributed by atoms with Gasteiger partial charge in [-0.3, -0.25) is 4.79 Å². The summed E-state index contributed by atoms with van der Waals surface area (Å²) in [7, 11) is 1.51. The molecule has 0 aromatic carbocycles. The van der Waals surface area contributed by atoms with Gasteiger partial charge in [-0.1, -0.05) is 48.5 Å². The first kappa shape index (κ1) is 24.7. The van der Waals surface area contributed by atoms with Crippen molar-refractivity contribution in [3.05, 3.63) is 74.2 Å². The minimum atomic E-state index is -0.450. The van der Waals surface area contributed by atoms with Crippen molar-refractivity contribution in [3.63, 3.8) is 0 Å². The van der Waals surface area contributed by atoms with Gasteiger partial charge in [0.1, 0.15) is 5.76 Å². The summed E-state index contributed by atoms with van der Waals surface area (Å²) in [6.45, 7) is 13.5. The molecule has 1 aromatic heterocycles. The third-order valence-electron chi connectivity index (χ3n) is 5.21. The number of allylic oxidation sites excluding steroid dienone is 6. The number of hydrogen-bond acceptors (Lipinski definition) is 4. The van der Waals surface area contributed by atoms with Gasteiger partial charge in [-0.2, -0.15) is 0 Å². The van der Waals surface area contributed by atoms with Crippen LogP contribution in [0.4, 0.5) is 0 Å². The number of ether oxygens (including phenoxy) is 1. The Morgan fingerprint density at radius 2 is 1.86 bits per heavy atom. The number of aliphatic hydroxyl groups excluding tert-OH is 1. The van der Waals surface area contributed by atoms with E-state index in [0.717, 1.165) is 17.6 Å². The van der Waals surface area contributed by atoms with E-state index in [9.17, 15) is 9.90 Å². The molecule has 0 saturated heterocycles. The standard InChI is InChI=1S/C25H36O4/c1-9-18(4)23(26)19(5)15-17(3)12-10-11-16(2)13-14-22-20(6)24(27)21(7)25(28-8)29-22/h9-10,12-13,15,19,23,26H,11,14H2,1-8H3/b12-10+,16-13+,17-15+,18-9+/t19-,23-/m0/s1. The molecule has 160 valence electrons. The summed E-state index contributed by atoms with van der Waals surface area (Å²) < 4.78 is 10.9. The van der Waals surface area contributed by atoms with E-state index in [1.165, 1.54) is 12.7 Å². The van der Waals surface area contributed by atoms with Crippen molar-refractivity contribution in [2.45, 2.75) is 67.4 Å². The van der Waals surface area contributed by atoms with Crippen LogP contribution < -0.4 is 10.2 Å². The van der Waals surface area contributed by atoms with Crippen molar-refractivity contribution in [1.29, 1.82) is 0 Å². The second-order valence-electron chi connectivity index (χ2n) is 7.70. The van der Waals surface area contributed by atoms with Gasteiger partial charge in [0, 0.05) is 17.9 Å². The van der Waals surface area contributed by atoms with Crippen LogP contribution in [0.25, 0.3) is 0 Å². The largest absolute Gasteiger partial charge is 0.468 e. The lowest BCUT2D eigenvalue weighted by Crippen LogP contribution is -2.17. The maximum Gasteiger partial charge on any atom is 0.291 e. The molecular weight excluding hydrogens is 364 g/mol. The smallest absolute Gasteiger partial charge is 0.291 e. The normalized spacial score (nSPS) is 15.7. The number of rotatable bonds is 9.